The van der Waals surface area contributed by atoms with Crippen LogP contribution in [-0.4, -0.2) is 48.5 Å². The second-order valence-electron chi connectivity index (χ2n) is 4.50. The third-order valence-corrected chi connectivity index (χ3v) is 4.10. The number of nitrogens with zero attached hydrogens (tertiary/aromatic N) is 2. The monoisotopic (exact) mass is 252 g/mol. The third-order valence-electron chi connectivity index (χ3n) is 2.83. The maximum absolute atomic E-state index is 5.35. The first-order chi connectivity index (χ1) is 8.34. The average Bonchev–Trinajstić information content (AvgIpc) is 2.39. The first kappa shape index (κ1) is 12.9. The fourth-order valence-electron chi connectivity index (χ4n) is 1.94. The van der Waals surface area contributed by atoms with Gasteiger partial charge < -0.3 is 4.74 Å². The maximum Gasteiger partial charge on any atom is 0.0959 e. The lowest BCUT2D eigenvalue weighted by Gasteiger charge is -2.28. The largest absolute Gasteiger partial charge is 0.379 e. The number of ether oxygens (including phenoxy) is 1. The van der Waals surface area contributed by atoms with Gasteiger partial charge in [0, 0.05) is 31.6 Å². The lowest BCUT2D eigenvalue weighted by Crippen LogP contribution is -2.39. The molecule has 0 spiro atoms. The Morgan fingerprint density at radius 1 is 1.41 bits per heavy atom. The van der Waals surface area contributed by atoms with Crippen LogP contribution in [0.5, 0.6) is 0 Å². The van der Waals surface area contributed by atoms with E-state index in [1.165, 1.54) is 6.54 Å². The Morgan fingerprint density at radius 3 is 2.94 bits per heavy atom. The van der Waals surface area contributed by atoms with Crippen LogP contribution < -0.4 is 0 Å². The molecule has 1 aromatic rings. The van der Waals surface area contributed by atoms with Crippen LogP contribution in [0.25, 0.3) is 0 Å². The van der Waals surface area contributed by atoms with Crippen LogP contribution >= 0.6 is 11.8 Å². The summed E-state index contributed by atoms with van der Waals surface area (Å²) >= 11 is 1.85. The normalized spacial score (nSPS) is 19.1. The molecule has 0 saturated carbocycles. The zero-order valence-corrected chi connectivity index (χ0v) is 11.2. The summed E-state index contributed by atoms with van der Waals surface area (Å²) in [6, 6.07) is 6.08. The smallest absolute Gasteiger partial charge is 0.0959 e. The van der Waals surface area contributed by atoms with E-state index in [0.717, 1.165) is 37.1 Å². The van der Waals surface area contributed by atoms with Gasteiger partial charge in [0.2, 0.25) is 0 Å². The molecular weight excluding hydrogens is 232 g/mol. The molecule has 1 aliphatic heterocycles. The highest BCUT2D eigenvalue weighted by atomic mass is 32.2. The molecule has 4 heteroatoms. The molecule has 0 aliphatic carbocycles. The lowest BCUT2D eigenvalue weighted by atomic mass is 10.2. The van der Waals surface area contributed by atoms with Crippen LogP contribution in [-0.2, 0) is 4.74 Å². The highest BCUT2D eigenvalue weighted by molar-refractivity contribution is 7.99. The van der Waals surface area contributed by atoms with Gasteiger partial charge in [0.05, 0.1) is 18.2 Å². The van der Waals surface area contributed by atoms with Gasteiger partial charge in [-0.15, -0.1) is 11.8 Å². The van der Waals surface area contributed by atoms with Crippen molar-refractivity contribution in [2.24, 2.45) is 5.92 Å². The molecule has 94 valence electrons. The van der Waals surface area contributed by atoms with Crippen LogP contribution in [0.4, 0.5) is 0 Å². The van der Waals surface area contributed by atoms with Gasteiger partial charge >= 0.3 is 0 Å². The van der Waals surface area contributed by atoms with Gasteiger partial charge in [0.15, 0.2) is 0 Å². The number of hydrogen-bond acceptors (Lipinski definition) is 4. The summed E-state index contributed by atoms with van der Waals surface area (Å²) in [7, 11) is 0. The molecule has 1 aliphatic rings. The van der Waals surface area contributed by atoms with E-state index in [0.29, 0.717) is 5.92 Å². The van der Waals surface area contributed by atoms with Gasteiger partial charge in [-0.2, -0.15) is 0 Å². The molecule has 2 heterocycles. The Morgan fingerprint density at radius 2 is 2.24 bits per heavy atom. The highest BCUT2D eigenvalue weighted by Gasteiger charge is 2.13. The molecule has 1 unspecified atom stereocenters. The summed E-state index contributed by atoms with van der Waals surface area (Å²) in [5, 5.41) is 1.13. The number of aromatic nitrogens is 1. The van der Waals surface area contributed by atoms with Crippen LogP contribution in [0.1, 0.15) is 6.92 Å². The minimum Gasteiger partial charge on any atom is -0.379 e. The van der Waals surface area contributed by atoms with Crippen LogP contribution in [0.15, 0.2) is 29.4 Å². The van der Waals surface area contributed by atoms with E-state index in [1.807, 2.05) is 30.1 Å². The van der Waals surface area contributed by atoms with Crippen molar-refractivity contribution in [1.82, 2.24) is 9.88 Å². The van der Waals surface area contributed by atoms with E-state index in [4.69, 9.17) is 4.74 Å². The number of thioether (sulfide) groups is 1. The Labute approximate surface area is 108 Å². The number of morpholine rings is 1. The molecule has 0 aromatic carbocycles. The zero-order chi connectivity index (χ0) is 11.9. The third kappa shape index (κ3) is 4.66. The van der Waals surface area contributed by atoms with Crippen molar-refractivity contribution in [2.75, 3.05) is 38.6 Å². The second kappa shape index (κ2) is 6.99. The van der Waals surface area contributed by atoms with E-state index in [-0.39, 0.29) is 0 Å². The van der Waals surface area contributed by atoms with Crippen molar-refractivity contribution in [3.63, 3.8) is 0 Å². The summed E-state index contributed by atoms with van der Waals surface area (Å²) in [5.41, 5.74) is 0. The molecule has 3 nitrogen and oxygen atoms in total. The molecule has 0 N–H and O–H groups in total. The van der Waals surface area contributed by atoms with Crippen LogP contribution in [0.3, 0.4) is 0 Å². The van der Waals surface area contributed by atoms with Gasteiger partial charge in [0.1, 0.15) is 0 Å². The van der Waals surface area contributed by atoms with E-state index < -0.39 is 0 Å². The van der Waals surface area contributed by atoms with Crippen LogP contribution in [0.2, 0.25) is 0 Å². The Kier molecular flexibility index (Phi) is 5.29. The molecule has 1 fully saturated rings. The molecule has 1 aromatic heterocycles. The van der Waals surface area contributed by atoms with E-state index in [9.17, 15) is 0 Å². The van der Waals surface area contributed by atoms with Gasteiger partial charge in [-0.25, -0.2) is 4.98 Å². The topological polar surface area (TPSA) is 25.4 Å². The van der Waals surface area contributed by atoms with Crippen molar-refractivity contribution in [1.29, 1.82) is 0 Å². The first-order valence-corrected chi connectivity index (χ1v) is 7.17. The minimum atomic E-state index is 0.695. The standard InChI is InChI=1S/C13H20N2OS/c1-12(10-15-6-8-16-9-7-15)11-17-13-4-2-3-5-14-13/h2-5,12H,6-11H2,1H3. The summed E-state index contributed by atoms with van der Waals surface area (Å²) in [6.07, 6.45) is 1.86. The lowest BCUT2D eigenvalue weighted by molar-refractivity contribution is 0.0331. The Balaban J connectivity index is 1.68. The SMILES string of the molecule is CC(CSc1ccccn1)CN1CCOCC1. The quantitative estimate of drug-likeness (QED) is 0.750. The molecule has 0 amide bonds. The van der Waals surface area contributed by atoms with Gasteiger partial charge in [-0.1, -0.05) is 13.0 Å². The van der Waals surface area contributed by atoms with Crippen molar-refractivity contribution in [3.05, 3.63) is 24.4 Å². The molecule has 1 saturated heterocycles. The van der Waals surface area contributed by atoms with Gasteiger partial charge in [0.25, 0.3) is 0 Å². The summed E-state index contributed by atoms with van der Waals surface area (Å²) in [4.78, 5) is 6.82. The maximum atomic E-state index is 5.35. The molecular formula is C13H20N2OS. The summed E-state index contributed by atoms with van der Waals surface area (Å²) in [5.74, 6) is 1.83. The molecule has 2 rings (SSSR count). The Hall–Kier alpha value is -0.580. The van der Waals surface area contributed by atoms with Crippen molar-refractivity contribution in [3.8, 4) is 0 Å². The van der Waals surface area contributed by atoms with Crippen LogP contribution in [0, 0.1) is 5.92 Å². The van der Waals surface area contributed by atoms with E-state index >= 15 is 0 Å². The van der Waals surface area contributed by atoms with Crippen molar-refractivity contribution in [2.45, 2.75) is 11.9 Å². The molecule has 0 radical (unpaired) electrons. The molecule has 1 atom stereocenters. The summed E-state index contributed by atoms with van der Waals surface area (Å²) < 4.78 is 5.35. The van der Waals surface area contributed by atoms with Crippen molar-refractivity contribution < 1.29 is 4.74 Å². The van der Waals surface area contributed by atoms with Gasteiger partial charge in [-0.3, -0.25) is 4.90 Å². The second-order valence-corrected chi connectivity index (χ2v) is 5.54. The van der Waals surface area contributed by atoms with E-state index in [2.05, 4.69) is 22.9 Å². The number of pyridine rings is 1. The van der Waals surface area contributed by atoms with Crippen molar-refractivity contribution >= 4 is 11.8 Å². The number of hydrogen-bond donors (Lipinski definition) is 0. The fraction of sp³-hybridized carbons (Fsp3) is 0.615. The summed E-state index contributed by atoms with van der Waals surface area (Å²) in [6.45, 7) is 7.42. The molecule has 17 heavy (non-hydrogen) atoms. The zero-order valence-electron chi connectivity index (χ0n) is 10.3. The Bertz CT molecular complexity index is 314. The fourth-order valence-corrected chi connectivity index (χ4v) is 2.81. The van der Waals surface area contributed by atoms with E-state index in [1.54, 1.807) is 0 Å². The van der Waals surface area contributed by atoms with Gasteiger partial charge in [-0.05, 0) is 18.1 Å². The molecule has 0 bridgehead atoms. The minimum absolute atomic E-state index is 0.695. The predicted octanol–water partition coefficient (Wildman–Crippen LogP) is 2.14. The first-order valence-electron chi connectivity index (χ1n) is 6.18. The number of rotatable bonds is 5. The highest BCUT2D eigenvalue weighted by Crippen LogP contribution is 2.18. The average molecular weight is 252 g/mol. The predicted molar refractivity (Wildman–Crippen MR) is 71.4 cm³/mol.